The van der Waals surface area contributed by atoms with E-state index >= 15 is 0 Å². The minimum atomic E-state index is -0.728. The van der Waals surface area contributed by atoms with Gasteiger partial charge in [-0.25, -0.2) is 14.6 Å². The van der Waals surface area contributed by atoms with E-state index in [1.165, 1.54) is 12.1 Å². The first-order chi connectivity index (χ1) is 17.0. The topological polar surface area (TPSA) is 55.4 Å². The molecule has 0 atom stereocenters. The van der Waals surface area contributed by atoms with Crippen LogP contribution in [-0.2, 0) is 0 Å². The van der Waals surface area contributed by atoms with Gasteiger partial charge in [0.25, 0.3) is 5.91 Å². The largest absolute Gasteiger partial charge is 0.454 e. The van der Waals surface area contributed by atoms with E-state index in [0.29, 0.717) is 16.5 Å². The number of fused-ring (bicyclic) bond motifs is 1. The Kier molecular flexibility index (Phi) is 7.72. The molecule has 0 unspecified atom stereocenters. The average Bonchev–Trinajstić information content (AvgIpc) is 2.82. The van der Waals surface area contributed by atoms with Gasteiger partial charge in [-0.3, -0.25) is 4.79 Å². The molecule has 36 heavy (non-hydrogen) atoms. The van der Waals surface area contributed by atoms with E-state index in [9.17, 15) is 9.59 Å². The van der Waals surface area contributed by atoms with Gasteiger partial charge in [-0.05, 0) is 24.3 Å². The van der Waals surface area contributed by atoms with E-state index in [-0.39, 0.29) is 31.4 Å². The van der Waals surface area contributed by atoms with Crippen LogP contribution in [0.3, 0.4) is 0 Å². The Morgan fingerprint density at radius 3 is 1.92 bits per heavy atom. The van der Waals surface area contributed by atoms with Gasteiger partial charge in [0.05, 0.1) is 39.7 Å². The smallest absolute Gasteiger partial charge is 0.428 e. The summed E-state index contributed by atoms with van der Waals surface area (Å²) in [4.78, 5) is 25.8. The molecule has 1 N–H and O–H groups in total. The Morgan fingerprint density at radius 2 is 1.31 bits per heavy atom. The van der Waals surface area contributed by atoms with Crippen LogP contribution in [0.4, 0.5) is 10.5 Å². The summed E-state index contributed by atoms with van der Waals surface area (Å²) >= 11 is 31.6. The van der Waals surface area contributed by atoms with E-state index in [2.05, 4.69) is 5.32 Å². The van der Waals surface area contributed by atoms with Crippen LogP contribution in [0.1, 0.15) is 10.4 Å². The van der Waals surface area contributed by atoms with Crippen LogP contribution in [0.5, 0.6) is 11.5 Å². The van der Waals surface area contributed by atoms with Crippen LogP contribution in [-0.4, -0.2) is 26.0 Å². The van der Waals surface area contributed by atoms with Crippen LogP contribution < -0.4 is 14.5 Å². The molecule has 4 rings (SSSR count). The Bertz CT molecular complexity index is 1480. The fourth-order valence-electron chi connectivity index (χ4n) is 3.53. The monoisotopic (exact) mass is 581 g/mol. The second-order valence-electron chi connectivity index (χ2n) is 8.24. The zero-order valence-electron chi connectivity index (χ0n) is 18.9. The Morgan fingerprint density at radius 1 is 0.722 bits per heavy atom. The third-order valence-electron chi connectivity index (χ3n) is 5.59. The zero-order valence-corrected chi connectivity index (χ0v) is 22.7. The maximum Gasteiger partial charge on any atom is 0.428 e. The minimum absolute atomic E-state index is 0.00388. The first-order valence-electron chi connectivity index (χ1n) is 10.5. The summed E-state index contributed by atoms with van der Waals surface area (Å²) in [5, 5.41) is 5.13. The number of urea groups is 1. The van der Waals surface area contributed by atoms with Crippen LogP contribution in [0.2, 0.25) is 25.1 Å². The number of imide groups is 1. The van der Waals surface area contributed by atoms with E-state index in [0.717, 1.165) is 10.8 Å². The van der Waals surface area contributed by atoms with Crippen LogP contribution in [0.15, 0.2) is 66.7 Å². The molecule has 0 aliphatic rings. The molecule has 0 fully saturated rings. The van der Waals surface area contributed by atoms with E-state index in [1.807, 2.05) is 24.3 Å². The molecule has 4 aromatic carbocycles. The SMILES string of the molecule is C[N+](C)(C(=O)NC(=O)c1c(Cl)cccc1Cl)c1cc(Cl)c(Oc2ccc(Cl)c3ccccc23)c(Cl)c1. The van der Waals surface area contributed by atoms with Crippen LogP contribution in [0, 0.1) is 0 Å². The van der Waals surface area contributed by atoms with Gasteiger partial charge in [-0.2, -0.15) is 0 Å². The fourth-order valence-corrected chi connectivity index (χ4v) is 4.88. The van der Waals surface area contributed by atoms with Crippen molar-refractivity contribution in [2.45, 2.75) is 0 Å². The number of hydrogen-bond acceptors (Lipinski definition) is 3. The van der Waals surface area contributed by atoms with Crippen molar-refractivity contribution in [2.24, 2.45) is 0 Å². The number of quaternary nitrogens is 1. The molecule has 0 saturated carbocycles. The third kappa shape index (κ3) is 5.14. The lowest BCUT2D eigenvalue weighted by Crippen LogP contribution is -2.54. The Balaban J connectivity index is 1.62. The molecule has 0 spiro atoms. The van der Waals surface area contributed by atoms with Gasteiger partial charge in [-0.1, -0.05) is 88.3 Å². The molecule has 0 aromatic heterocycles. The summed E-state index contributed by atoms with van der Waals surface area (Å²) in [6, 6.07) is 18.0. The number of hydrogen-bond donors (Lipinski definition) is 1. The van der Waals surface area contributed by atoms with Gasteiger partial charge in [0.15, 0.2) is 5.75 Å². The van der Waals surface area contributed by atoms with Gasteiger partial charge >= 0.3 is 6.03 Å². The third-order valence-corrected chi connectivity index (χ3v) is 7.11. The minimum Gasteiger partial charge on any atom is -0.454 e. The molecule has 3 amide bonds. The maximum absolute atomic E-state index is 13.1. The van der Waals surface area contributed by atoms with Gasteiger partial charge in [0, 0.05) is 27.9 Å². The van der Waals surface area contributed by atoms with Gasteiger partial charge < -0.3 is 4.74 Å². The molecule has 0 aliphatic carbocycles. The van der Waals surface area contributed by atoms with Crippen molar-refractivity contribution in [3.8, 4) is 11.5 Å². The number of rotatable bonds is 4. The van der Waals surface area contributed by atoms with Crippen molar-refractivity contribution in [1.82, 2.24) is 9.80 Å². The highest BCUT2D eigenvalue weighted by Gasteiger charge is 2.34. The van der Waals surface area contributed by atoms with Crippen LogP contribution in [0.25, 0.3) is 10.8 Å². The number of carbonyl (C=O) groups is 2. The predicted octanol–water partition coefficient (Wildman–Crippen LogP) is 9.02. The van der Waals surface area contributed by atoms with Crippen molar-refractivity contribution in [1.29, 1.82) is 0 Å². The van der Waals surface area contributed by atoms with Gasteiger partial charge in [-0.15, -0.1) is 0 Å². The van der Waals surface area contributed by atoms with Crippen molar-refractivity contribution >= 4 is 86.4 Å². The summed E-state index contributed by atoms with van der Waals surface area (Å²) in [7, 11) is 3.15. The first kappa shape index (κ1) is 26.6. The molecule has 5 nitrogen and oxygen atoms in total. The number of nitrogens with zero attached hydrogens (tertiary/aromatic N) is 1. The van der Waals surface area contributed by atoms with Crippen LogP contribution >= 0.6 is 58.0 Å². The lowest BCUT2D eigenvalue weighted by atomic mass is 10.1. The molecular weight excluding hydrogens is 566 g/mol. The predicted molar refractivity (Wildman–Crippen MR) is 148 cm³/mol. The summed E-state index contributed by atoms with van der Waals surface area (Å²) in [5.74, 6) is 0.00251. The number of carbonyl (C=O) groups excluding carboxylic acids is 2. The second kappa shape index (κ2) is 10.5. The zero-order chi connectivity index (χ0) is 26.2. The highest BCUT2D eigenvalue weighted by atomic mass is 35.5. The van der Waals surface area contributed by atoms with E-state index in [1.54, 1.807) is 44.4 Å². The van der Waals surface area contributed by atoms with Gasteiger partial charge in [0.1, 0.15) is 11.4 Å². The number of nitrogens with one attached hydrogen (secondary N) is 1. The summed E-state index contributed by atoms with van der Waals surface area (Å²) in [5.41, 5.74) is 0.415. The van der Waals surface area contributed by atoms with Crippen molar-refractivity contribution in [3.63, 3.8) is 0 Å². The first-order valence-corrected chi connectivity index (χ1v) is 12.4. The number of amides is 3. The standard InChI is InChI=1S/C26H17Cl5N2O3/c1-33(2,26(35)32-25(34)23-18(28)8-5-9-19(23)29)14-12-20(30)24(21(31)13-14)36-22-11-10-17(27)15-6-3-4-7-16(15)22/h3-13H,1-2H3/p+1. The lowest BCUT2D eigenvalue weighted by Gasteiger charge is -2.26. The fraction of sp³-hybridized carbons (Fsp3) is 0.0769. The summed E-state index contributed by atoms with van der Waals surface area (Å²) in [6.45, 7) is 0. The normalized spacial score (nSPS) is 11.4. The van der Waals surface area contributed by atoms with E-state index in [4.69, 9.17) is 62.7 Å². The Labute approximate surface area is 232 Å². The second-order valence-corrected chi connectivity index (χ2v) is 10.3. The van der Waals surface area contributed by atoms with Crippen molar-refractivity contribution < 1.29 is 14.3 Å². The van der Waals surface area contributed by atoms with Crippen molar-refractivity contribution in [2.75, 3.05) is 14.1 Å². The number of halogens is 5. The molecular formula is C26H18Cl5N2O3+. The maximum atomic E-state index is 13.1. The van der Waals surface area contributed by atoms with E-state index < -0.39 is 16.4 Å². The quantitative estimate of drug-likeness (QED) is 0.244. The molecule has 0 radical (unpaired) electrons. The molecule has 0 bridgehead atoms. The number of ether oxygens (including phenoxy) is 1. The molecule has 184 valence electrons. The molecule has 0 saturated heterocycles. The highest BCUT2D eigenvalue weighted by Crippen LogP contribution is 2.43. The molecule has 0 aliphatic heterocycles. The average molecular weight is 584 g/mol. The van der Waals surface area contributed by atoms with Crippen molar-refractivity contribution in [3.05, 3.63) is 97.4 Å². The van der Waals surface area contributed by atoms with Gasteiger partial charge in [0.2, 0.25) is 0 Å². The highest BCUT2D eigenvalue weighted by molar-refractivity contribution is 6.40. The molecule has 10 heteroatoms. The summed E-state index contributed by atoms with van der Waals surface area (Å²) < 4.78 is 5.67. The molecule has 4 aromatic rings. The Hall–Kier alpha value is -2.51. The molecule has 0 heterocycles. The number of benzene rings is 4. The lowest BCUT2D eigenvalue weighted by molar-refractivity contribution is 0.0957. The summed E-state index contributed by atoms with van der Waals surface area (Å²) in [6.07, 6.45) is 0.